The number of carbonyl (C=O) groups excluding carboxylic acids is 1. The van der Waals surface area contributed by atoms with Crippen LogP contribution in [-0.2, 0) is 17.8 Å². The average Bonchev–Trinajstić information content (AvgIpc) is 3.25. The molecule has 4 rings (SSSR count). The maximum atomic E-state index is 12.7. The Morgan fingerprint density at radius 2 is 1.81 bits per heavy atom. The van der Waals surface area contributed by atoms with E-state index >= 15 is 0 Å². The van der Waals surface area contributed by atoms with Crippen molar-refractivity contribution in [2.45, 2.75) is 26.8 Å². The first-order valence-electron chi connectivity index (χ1n) is 10.7. The van der Waals surface area contributed by atoms with Gasteiger partial charge in [-0.2, -0.15) is 4.98 Å². The predicted octanol–water partition coefficient (Wildman–Crippen LogP) is 3.33. The molecule has 1 aliphatic rings. The molecule has 1 amide bonds. The summed E-state index contributed by atoms with van der Waals surface area (Å²) in [5.41, 5.74) is 3.15. The quantitative estimate of drug-likeness (QED) is 0.584. The number of piperazine rings is 1. The highest BCUT2D eigenvalue weighted by Crippen LogP contribution is 2.20. The number of benzene rings is 2. The molecule has 31 heavy (non-hydrogen) atoms. The van der Waals surface area contributed by atoms with Gasteiger partial charge in [-0.15, -0.1) is 0 Å². The lowest BCUT2D eigenvalue weighted by Gasteiger charge is -2.34. The Kier molecular flexibility index (Phi) is 6.62. The summed E-state index contributed by atoms with van der Waals surface area (Å²) < 4.78 is 10.9. The third kappa shape index (κ3) is 5.30. The van der Waals surface area contributed by atoms with Crippen LogP contribution in [0.4, 0.5) is 0 Å². The minimum Gasteiger partial charge on any atom is -0.494 e. The molecule has 162 valence electrons. The van der Waals surface area contributed by atoms with Crippen molar-refractivity contribution in [3.63, 3.8) is 0 Å². The molecule has 3 aromatic rings. The molecule has 0 spiro atoms. The molecule has 0 radical (unpaired) electrons. The highest BCUT2D eigenvalue weighted by molar-refractivity contribution is 5.79. The van der Waals surface area contributed by atoms with Gasteiger partial charge in [0, 0.05) is 31.7 Å². The molecule has 7 heteroatoms. The van der Waals surface area contributed by atoms with E-state index in [2.05, 4.69) is 15.0 Å². The first-order valence-corrected chi connectivity index (χ1v) is 10.7. The van der Waals surface area contributed by atoms with Crippen LogP contribution in [0.3, 0.4) is 0 Å². The molecule has 0 aliphatic carbocycles. The van der Waals surface area contributed by atoms with Gasteiger partial charge in [0.25, 0.3) is 0 Å². The molecule has 0 atom stereocenters. The lowest BCUT2D eigenvalue weighted by molar-refractivity contribution is -0.132. The van der Waals surface area contributed by atoms with Crippen LogP contribution in [-0.4, -0.2) is 58.6 Å². The third-order valence-corrected chi connectivity index (χ3v) is 5.58. The second kappa shape index (κ2) is 9.75. The van der Waals surface area contributed by atoms with Crippen molar-refractivity contribution in [1.82, 2.24) is 19.9 Å². The van der Waals surface area contributed by atoms with E-state index in [0.29, 0.717) is 44.4 Å². The molecule has 1 aromatic heterocycles. The lowest BCUT2D eigenvalue weighted by atomic mass is 10.1. The van der Waals surface area contributed by atoms with E-state index in [9.17, 15) is 4.79 Å². The fraction of sp³-hybridized carbons (Fsp3) is 0.375. The molecule has 1 saturated heterocycles. The zero-order valence-corrected chi connectivity index (χ0v) is 18.1. The summed E-state index contributed by atoms with van der Waals surface area (Å²) in [4.78, 5) is 21.4. The van der Waals surface area contributed by atoms with E-state index in [1.54, 1.807) is 0 Å². The molecule has 0 N–H and O–H groups in total. The van der Waals surface area contributed by atoms with Crippen molar-refractivity contribution < 1.29 is 14.1 Å². The zero-order valence-electron chi connectivity index (χ0n) is 18.1. The second-order valence-corrected chi connectivity index (χ2v) is 7.73. The molecule has 0 unspecified atom stereocenters. The topological polar surface area (TPSA) is 71.7 Å². The summed E-state index contributed by atoms with van der Waals surface area (Å²) in [5, 5.41) is 4.11. The Morgan fingerprint density at radius 1 is 1.06 bits per heavy atom. The van der Waals surface area contributed by atoms with E-state index in [4.69, 9.17) is 9.26 Å². The van der Waals surface area contributed by atoms with Gasteiger partial charge in [-0.05, 0) is 49.2 Å². The summed E-state index contributed by atoms with van der Waals surface area (Å²) in [6.45, 7) is 8.24. The van der Waals surface area contributed by atoms with E-state index in [-0.39, 0.29) is 5.91 Å². The summed E-state index contributed by atoms with van der Waals surface area (Å²) in [6.07, 6.45) is 0.460. The Hall–Kier alpha value is -3.19. The van der Waals surface area contributed by atoms with Gasteiger partial charge in [0.15, 0.2) is 0 Å². The molecule has 2 aromatic carbocycles. The van der Waals surface area contributed by atoms with E-state index in [1.807, 2.05) is 67.3 Å². The number of hydrogen-bond acceptors (Lipinski definition) is 6. The maximum absolute atomic E-state index is 12.7. The van der Waals surface area contributed by atoms with Crippen molar-refractivity contribution in [3.05, 3.63) is 65.5 Å². The predicted molar refractivity (Wildman–Crippen MR) is 118 cm³/mol. The monoisotopic (exact) mass is 420 g/mol. The van der Waals surface area contributed by atoms with Gasteiger partial charge in [-0.1, -0.05) is 29.4 Å². The zero-order chi connectivity index (χ0) is 21.6. The molecule has 1 aliphatic heterocycles. The number of ether oxygens (including phenoxy) is 1. The fourth-order valence-corrected chi connectivity index (χ4v) is 3.73. The molecule has 0 saturated carbocycles. The second-order valence-electron chi connectivity index (χ2n) is 7.73. The van der Waals surface area contributed by atoms with Gasteiger partial charge >= 0.3 is 0 Å². The van der Waals surface area contributed by atoms with Crippen LogP contribution < -0.4 is 4.74 Å². The standard InChI is InChI=1S/C24H28N4O3/c1-3-30-21-10-8-19(9-11-21)24-25-22(31-26-24)17-27-12-14-28(15-13-27)23(29)16-20-7-5-4-6-18(20)2/h4-11H,3,12-17H2,1-2H3. The summed E-state index contributed by atoms with van der Waals surface area (Å²) in [7, 11) is 0. The van der Waals surface area contributed by atoms with Crippen LogP contribution in [0.1, 0.15) is 23.9 Å². The highest BCUT2D eigenvalue weighted by Gasteiger charge is 2.23. The summed E-state index contributed by atoms with van der Waals surface area (Å²) >= 11 is 0. The van der Waals surface area contributed by atoms with Crippen molar-refractivity contribution in [2.24, 2.45) is 0 Å². The minimum atomic E-state index is 0.185. The van der Waals surface area contributed by atoms with Gasteiger partial charge in [0.05, 0.1) is 19.6 Å². The fourth-order valence-electron chi connectivity index (χ4n) is 3.73. The van der Waals surface area contributed by atoms with E-state index in [1.165, 1.54) is 0 Å². The van der Waals surface area contributed by atoms with Crippen LogP contribution in [0, 0.1) is 6.92 Å². The number of aromatic nitrogens is 2. The third-order valence-electron chi connectivity index (χ3n) is 5.58. The minimum absolute atomic E-state index is 0.185. The van der Waals surface area contributed by atoms with Gasteiger partial charge in [0.1, 0.15) is 5.75 Å². The SMILES string of the molecule is CCOc1ccc(-c2noc(CN3CCN(C(=O)Cc4ccccc4C)CC3)n2)cc1. The number of rotatable bonds is 7. The normalized spacial score (nSPS) is 14.6. The van der Waals surface area contributed by atoms with Gasteiger partial charge < -0.3 is 14.2 Å². The number of nitrogens with zero attached hydrogens (tertiary/aromatic N) is 4. The molecular formula is C24H28N4O3. The van der Waals surface area contributed by atoms with Crippen LogP contribution in [0.2, 0.25) is 0 Å². The smallest absolute Gasteiger partial charge is 0.241 e. The van der Waals surface area contributed by atoms with Gasteiger partial charge in [-0.25, -0.2) is 0 Å². The van der Waals surface area contributed by atoms with Crippen LogP contribution >= 0.6 is 0 Å². The van der Waals surface area contributed by atoms with Crippen molar-refractivity contribution in [3.8, 4) is 17.1 Å². The summed E-state index contributed by atoms with van der Waals surface area (Å²) in [5.74, 6) is 2.17. The van der Waals surface area contributed by atoms with Crippen LogP contribution in [0.25, 0.3) is 11.4 Å². The van der Waals surface area contributed by atoms with Gasteiger partial charge in [0.2, 0.25) is 17.6 Å². The van der Waals surface area contributed by atoms with Crippen LogP contribution in [0.15, 0.2) is 53.1 Å². The Morgan fingerprint density at radius 3 is 2.52 bits per heavy atom. The van der Waals surface area contributed by atoms with Crippen molar-refractivity contribution in [2.75, 3.05) is 32.8 Å². The first-order chi connectivity index (χ1) is 15.1. The molecular weight excluding hydrogens is 392 g/mol. The average molecular weight is 421 g/mol. The van der Waals surface area contributed by atoms with Gasteiger partial charge in [-0.3, -0.25) is 9.69 Å². The van der Waals surface area contributed by atoms with Crippen LogP contribution in [0.5, 0.6) is 5.75 Å². The number of amides is 1. The molecule has 0 bridgehead atoms. The number of carbonyl (C=O) groups is 1. The summed E-state index contributed by atoms with van der Waals surface area (Å²) in [6, 6.07) is 15.7. The lowest BCUT2D eigenvalue weighted by Crippen LogP contribution is -2.48. The van der Waals surface area contributed by atoms with Crippen molar-refractivity contribution >= 4 is 5.91 Å². The number of hydrogen-bond donors (Lipinski definition) is 0. The Balaban J connectivity index is 1.28. The van der Waals surface area contributed by atoms with E-state index in [0.717, 1.165) is 35.5 Å². The Labute approximate surface area is 182 Å². The Bertz CT molecular complexity index is 1010. The molecule has 1 fully saturated rings. The largest absolute Gasteiger partial charge is 0.494 e. The van der Waals surface area contributed by atoms with E-state index < -0.39 is 0 Å². The maximum Gasteiger partial charge on any atom is 0.241 e. The molecule has 7 nitrogen and oxygen atoms in total. The first kappa shape index (κ1) is 21.1. The molecule has 2 heterocycles. The number of aryl methyl sites for hydroxylation is 1. The van der Waals surface area contributed by atoms with Crippen molar-refractivity contribution in [1.29, 1.82) is 0 Å². The highest BCUT2D eigenvalue weighted by atomic mass is 16.5.